The molecule has 5 heteroatoms. The lowest BCUT2D eigenvalue weighted by atomic mass is 10.1. The lowest BCUT2D eigenvalue weighted by Gasteiger charge is -2.08. The van der Waals surface area contributed by atoms with Crippen molar-refractivity contribution in [3.05, 3.63) is 35.4 Å². The van der Waals surface area contributed by atoms with Gasteiger partial charge >= 0.3 is 0 Å². The highest BCUT2D eigenvalue weighted by Gasteiger charge is 2.12. The van der Waals surface area contributed by atoms with Crippen LogP contribution in [-0.4, -0.2) is 20.5 Å². The molecule has 1 aromatic carbocycles. The SMILES string of the molecule is CCc1nc(CC)n(-c2ccc(N)c(C(C)=O)c2)n1. The number of benzene rings is 1. The molecule has 1 aromatic heterocycles. The van der Waals surface area contributed by atoms with Crippen LogP contribution in [0.4, 0.5) is 5.69 Å². The quantitative estimate of drug-likeness (QED) is 0.673. The summed E-state index contributed by atoms with van der Waals surface area (Å²) in [5.74, 6) is 1.64. The molecule has 0 saturated carbocycles. The fourth-order valence-electron chi connectivity index (χ4n) is 1.96. The molecule has 5 nitrogen and oxygen atoms in total. The number of nitrogens with two attached hydrogens (primary N) is 1. The van der Waals surface area contributed by atoms with Gasteiger partial charge in [-0.05, 0) is 25.1 Å². The van der Waals surface area contributed by atoms with Gasteiger partial charge in [0.15, 0.2) is 11.6 Å². The van der Waals surface area contributed by atoms with Crippen molar-refractivity contribution in [3.8, 4) is 5.69 Å². The first-order chi connectivity index (χ1) is 9.06. The van der Waals surface area contributed by atoms with Crippen LogP contribution in [0, 0.1) is 0 Å². The van der Waals surface area contributed by atoms with E-state index in [1.54, 1.807) is 16.8 Å². The van der Waals surface area contributed by atoms with E-state index in [1.807, 2.05) is 19.9 Å². The van der Waals surface area contributed by atoms with E-state index in [9.17, 15) is 4.79 Å². The maximum absolute atomic E-state index is 11.5. The maximum atomic E-state index is 11.5. The molecule has 0 amide bonds. The predicted molar refractivity (Wildman–Crippen MR) is 74.5 cm³/mol. The molecule has 0 aliphatic heterocycles. The molecule has 0 saturated heterocycles. The van der Waals surface area contributed by atoms with E-state index in [-0.39, 0.29) is 5.78 Å². The largest absolute Gasteiger partial charge is 0.398 e. The third kappa shape index (κ3) is 2.50. The fraction of sp³-hybridized carbons (Fsp3) is 0.357. The number of hydrogen-bond donors (Lipinski definition) is 1. The molecule has 0 bridgehead atoms. The van der Waals surface area contributed by atoms with Gasteiger partial charge in [0.2, 0.25) is 0 Å². The third-order valence-electron chi connectivity index (χ3n) is 3.01. The van der Waals surface area contributed by atoms with Gasteiger partial charge in [0.1, 0.15) is 5.82 Å². The van der Waals surface area contributed by atoms with Crippen LogP contribution in [0.1, 0.15) is 42.8 Å². The Morgan fingerprint density at radius 1 is 1.32 bits per heavy atom. The first-order valence-corrected chi connectivity index (χ1v) is 6.42. The normalized spacial score (nSPS) is 10.7. The first kappa shape index (κ1) is 13.3. The molecular formula is C14H18N4O. The Labute approximate surface area is 112 Å². The molecule has 100 valence electrons. The lowest BCUT2D eigenvalue weighted by molar-refractivity contribution is 0.101. The highest BCUT2D eigenvalue weighted by atomic mass is 16.1. The molecule has 0 radical (unpaired) electrons. The number of ketones is 1. The summed E-state index contributed by atoms with van der Waals surface area (Å²) in [5.41, 5.74) is 7.64. The summed E-state index contributed by atoms with van der Waals surface area (Å²) >= 11 is 0. The smallest absolute Gasteiger partial charge is 0.161 e. The molecule has 19 heavy (non-hydrogen) atoms. The number of anilines is 1. The zero-order valence-electron chi connectivity index (χ0n) is 11.5. The van der Waals surface area contributed by atoms with E-state index >= 15 is 0 Å². The number of aromatic nitrogens is 3. The van der Waals surface area contributed by atoms with Crippen molar-refractivity contribution < 1.29 is 4.79 Å². The number of rotatable bonds is 4. The molecule has 0 aliphatic rings. The Morgan fingerprint density at radius 2 is 2.05 bits per heavy atom. The Hall–Kier alpha value is -2.17. The van der Waals surface area contributed by atoms with Gasteiger partial charge in [0, 0.05) is 24.1 Å². The molecule has 2 N–H and O–H groups in total. The number of nitrogens with zero attached hydrogens (tertiary/aromatic N) is 3. The summed E-state index contributed by atoms with van der Waals surface area (Å²) in [6, 6.07) is 5.36. The van der Waals surface area contributed by atoms with Crippen LogP contribution in [-0.2, 0) is 12.8 Å². The van der Waals surface area contributed by atoms with E-state index in [4.69, 9.17) is 5.73 Å². The summed E-state index contributed by atoms with van der Waals surface area (Å²) in [6.45, 7) is 5.56. The second kappa shape index (κ2) is 5.22. The fourth-order valence-corrected chi connectivity index (χ4v) is 1.96. The van der Waals surface area contributed by atoms with Crippen LogP contribution in [0.25, 0.3) is 5.69 Å². The van der Waals surface area contributed by atoms with Gasteiger partial charge in [-0.15, -0.1) is 0 Å². The molecule has 0 aliphatic carbocycles. The number of nitrogen functional groups attached to an aromatic ring is 1. The minimum Gasteiger partial charge on any atom is -0.398 e. The Bertz CT molecular complexity index is 616. The monoisotopic (exact) mass is 258 g/mol. The van der Waals surface area contributed by atoms with Crippen molar-refractivity contribution in [1.29, 1.82) is 0 Å². The summed E-state index contributed by atoms with van der Waals surface area (Å²) < 4.78 is 1.78. The Balaban J connectivity index is 2.55. The van der Waals surface area contributed by atoms with Gasteiger partial charge in [0.25, 0.3) is 0 Å². The summed E-state index contributed by atoms with van der Waals surface area (Å²) in [5, 5.41) is 4.45. The van der Waals surface area contributed by atoms with Gasteiger partial charge in [-0.25, -0.2) is 9.67 Å². The van der Waals surface area contributed by atoms with Crippen molar-refractivity contribution in [2.75, 3.05) is 5.73 Å². The molecule has 1 heterocycles. The Kier molecular flexibility index (Phi) is 3.64. The summed E-state index contributed by atoms with van der Waals surface area (Å²) in [7, 11) is 0. The molecule has 0 fully saturated rings. The zero-order chi connectivity index (χ0) is 14.0. The van der Waals surface area contributed by atoms with Crippen LogP contribution in [0.15, 0.2) is 18.2 Å². The van der Waals surface area contributed by atoms with Gasteiger partial charge in [0.05, 0.1) is 5.69 Å². The topological polar surface area (TPSA) is 73.8 Å². The predicted octanol–water partition coefficient (Wildman–Crippen LogP) is 2.18. The minimum atomic E-state index is -0.0479. The zero-order valence-corrected chi connectivity index (χ0v) is 11.5. The standard InChI is InChI=1S/C14H18N4O/c1-4-13-16-14(5-2)18(17-13)10-6-7-12(15)11(8-10)9(3)19/h6-8H,4-5,15H2,1-3H3. The van der Waals surface area contributed by atoms with Crippen molar-refractivity contribution in [2.24, 2.45) is 0 Å². The van der Waals surface area contributed by atoms with Gasteiger partial charge in [-0.3, -0.25) is 4.79 Å². The van der Waals surface area contributed by atoms with E-state index < -0.39 is 0 Å². The first-order valence-electron chi connectivity index (χ1n) is 6.42. The van der Waals surface area contributed by atoms with Crippen LogP contribution in [0.2, 0.25) is 0 Å². The summed E-state index contributed by atoms with van der Waals surface area (Å²) in [6.07, 6.45) is 1.57. The van der Waals surface area contributed by atoms with Gasteiger partial charge in [-0.1, -0.05) is 13.8 Å². The van der Waals surface area contributed by atoms with Crippen LogP contribution < -0.4 is 5.73 Å². The number of carbonyl (C=O) groups is 1. The van der Waals surface area contributed by atoms with Crippen molar-refractivity contribution in [1.82, 2.24) is 14.8 Å². The van der Waals surface area contributed by atoms with E-state index in [0.29, 0.717) is 11.3 Å². The van der Waals surface area contributed by atoms with Gasteiger partial charge in [-0.2, -0.15) is 5.10 Å². The van der Waals surface area contributed by atoms with Crippen molar-refractivity contribution in [3.63, 3.8) is 0 Å². The second-order valence-corrected chi connectivity index (χ2v) is 4.39. The minimum absolute atomic E-state index is 0.0479. The van der Waals surface area contributed by atoms with Gasteiger partial charge < -0.3 is 5.73 Å². The van der Waals surface area contributed by atoms with E-state index in [2.05, 4.69) is 10.1 Å². The summed E-state index contributed by atoms with van der Waals surface area (Å²) in [4.78, 5) is 16.0. The molecule has 0 unspecified atom stereocenters. The average molecular weight is 258 g/mol. The van der Waals surface area contributed by atoms with Crippen molar-refractivity contribution in [2.45, 2.75) is 33.6 Å². The number of aryl methyl sites for hydroxylation is 2. The van der Waals surface area contributed by atoms with Crippen LogP contribution in [0.5, 0.6) is 0 Å². The second-order valence-electron chi connectivity index (χ2n) is 4.39. The molecule has 0 spiro atoms. The third-order valence-corrected chi connectivity index (χ3v) is 3.01. The molecule has 2 aromatic rings. The highest BCUT2D eigenvalue weighted by Crippen LogP contribution is 2.19. The Morgan fingerprint density at radius 3 is 2.63 bits per heavy atom. The van der Waals surface area contributed by atoms with Crippen LogP contribution >= 0.6 is 0 Å². The molecule has 0 atom stereocenters. The average Bonchev–Trinajstić information content (AvgIpc) is 2.82. The van der Waals surface area contributed by atoms with E-state index in [0.717, 1.165) is 30.2 Å². The molecular weight excluding hydrogens is 240 g/mol. The number of hydrogen-bond acceptors (Lipinski definition) is 4. The van der Waals surface area contributed by atoms with Crippen LogP contribution in [0.3, 0.4) is 0 Å². The number of carbonyl (C=O) groups excluding carboxylic acids is 1. The maximum Gasteiger partial charge on any atom is 0.161 e. The lowest BCUT2D eigenvalue weighted by Crippen LogP contribution is -2.06. The molecule has 2 rings (SSSR count). The van der Waals surface area contributed by atoms with Crippen molar-refractivity contribution >= 4 is 11.5 Å². The van der Waals surface area contributed by atoms with E-state index in [1.165, 1.54) is 6.92 Å². The number of Topliss-reactive ketones (excluding diaryl/α,β-unsaturated/α-hetero) is 1. The highest BCUT2D eigenvalue weighted by molar-refractivity contribution is 5.99.